The molecule has 0 aliphatic carbocycles. The van der Waals surface area contributed by atoms with Crippen LogP contribution in [0.5, 0.6) is 0 Å². The molecule has 4 aromatic carbocycles. The van der Waals surface area contributed by atoms with Crippen molar-refractivity contribution >= 4 is 32.4 Å². The second-order valence-electron chi connectivity index (χ2n) is 9.75. The van der Waals surface area contributed by atoms with E-state index in [4.69, 9.17) is 4.98 Å². The zero-order valence-electron chi connectivity index (χ0n) is 22.7. The average molecular weight is 561 g/mol. The molecule has 0 N–H and O–H groups in total. The van der Waals surface area contributed by atoms with Crippen LogP contribution in [0, 0.1) is 6.92 Å². The summed E-state index contributed by atoms with van der Waals surface area (Å²) in [7, 11) is -4.27. The molecule has 0 fully saturated rings. The summed E-state index contributed by atoms with van der Waals surface area (Å²) in [5.41, 5.74) is 9.96. The van der Waals surface area contributed by atoms with Gasteiger partial charge >= 0.3 is 5.65 Å². The number of rotatable bonds is 4. The van der Waals surface area contributed by atoms with E-state index >= 15 is 0 Å². The van der Waals surface area contributed by atoms with E-state index in [1.807, 2.05) is 19.2 Å². The Labute approximate surface area is 238 Å². The maximum atomic E-state index is 10.4. The summed E-state index contributed by atoms with van der Waals surface area (Å²) in [6.45, 7) is 4.88. The van der Waals surface area contributed by atoms with Crippen LogP contribution >= 0.6 is 0 Å². The second kappa shape index (κ2) is 10.6. The lowest BCUT2D eigenvalue weighted by Crippen LogP contribution is -2.31. The lowest BCUT2D eigenvalue weighted by atomic mass is 10.1. The molecule has 3 aromatic heterocycles. The molecule has 0 saturated heterocycles. The van der Waals surface area contributed by atoms with E-state index in [-0.39, 0.29) is 4.90 Å². The summed E-state index contributed by atoms with van der Waals surface area (Å²) in [4.78, 5) is 4.73. The third-order valence-corrected chi connectivity index (χ3v) is 7.97. The molecule has 0 bridgehead atoms. The van der Waals surface area contributed by atoms with Gasteiger partial charge < -0.3 is 4.55 Å². The first-order valence-corrected chi connectivity index (χ1v) is 14.7. The topological polar surface area (TPSA) is 82.8 Å². The molecule has 0 saturated carbocycles. The standard InChI is InChI=1S/C26H21N4.C7H8O3S/c1-2-28-18-24(20-13-7-4-8-14-20)30-22-16-10-9-15-21(22)29-23(17-27-25(29)26(28)30)19-11-5-3-6-12-19;1-6-2-4-7(5-3-6)11(8,9)10/h3-18H,2H2,1H3;2-5H,1H3,(H,8,9,10)/q+1;/p-1. The Morgan fingerprint density at radius 3 is 1.83 bits per heavy atom. The maximum absolute atomic E-state index is 10.4. The molecule has 0 radical (unpaired) electrons. The van der Waals surface area contributed by atoms with E-state index in [0.29, 0.717) is 0 Å². The molecule has 0 atom stereocenters. The Morgan fingerprint density at radius 1 is 0.732 bits per heavy atom. The van der Waals surface area contributed by atoms with Gasteiger partial charge in [0.1, 0.15) is 16.3 Å². The minimum atomic E-state index is -4.27. The molecule has 204 valence electrons. The third kappa shape index (κ3) is 4.88. The van der Waals surface area contributed by atoms with Gasteiger partial charge in [0.25, 0.3) is 0 Å². The van der Waals surface area contributed by atoms with Crippen LogP contribution in [-0.2, 0) is 16.7 Å². The van der Waals surface area contributed by atoms with Crippen LogP contribution in [0.15, 0.2) is 126 Å². The molecule has 0 aliphatic heterocycles. The molecule has 7 rings (SSSR count). The summed E-state index contributed by atoms with van der Waals surface area (Å²) < 4.78 is 38.1. The van der Waals surface area contributed by atoms with Crippen LogP contribution in [0.4, 0.5) is 0 Å². The van der Waals surface area contributed by atoms with Crippen molar-refractivity contribution in [2.24, 2.45) is 0 Å². The smallest absolute Gasteiger partial charge is 0.331 e. The predicted octanol–water partition coefficient (Wildman–Crippen LogP) is 6.28. The molecule has 3 heterocycles. The number of para-hydroxylation sites is 2. The molecule has 0 spiro atoms. The van der Waals surface area contributed by atoms with Gasteiger partial charge in [-0.2, -0.15) is 4.40 Å². The fourth-order valence-corrected chi connectivity index (χ4v) is 5.62. The lowest BCUT2D eigenvalue weighted by Gasteiger charge is -2.07. The highest BCUT2D eigenvalue weighted by molar-refractivity contribution is 7.85. The Kier molecular flexibility index (Phi) is 6.86. The van der Waals surface area contributed by atoms with E-state index in [0.717, 1.165) is 40.2 Å². The van der Waals surface area contributed by atoms with Crippen molar-refractivity contribution in [3.8, 4) is 22.5 Å². The van der Waals surface area contributed by atoms with Crippen molar-refractivity contribution in [2.45, 2.75) is 25.3 Å². The molecule has 0 amide bonds. The van der Waals surface area contributed by atoms with Crippen molar-refractivity contribution in [3.63, 3.8) is 0 Å². The quantitative estimate of drug-likeness (QED) is 0.187. The number of nitrogens with zero attached hydrogens (tertiary/aromatic N) is 4. The molecule has 0 aliphatic rings. The minimum absolute atomic E-state index is 0.178. The second-order valence-corrected chi connectivity index (χ2v) is 11.1. The number of imidazole rings is 2. The molecular formula is C33H28N4O3S. The van der Waals surface area contributed by atoms with E-state index in [9.17, 15) is 13.0 Å². The largest absolute Gasteiger partial charge is 0.744 e. The van der Waals surface area contributed by atoms with Gasteiger partial charge in [0.2, 0.25) is 5.65 Å². The van der Waals surface area contributed by atoms with Crippen LogP contribution in [-0.4, -0.2) is 26.8 Å². The summed E-state index contributed by atoms with van der Waals surface area (Å²) in [5, 5.41) is 0. The Hall–Kier alpha value is -4.79. The molecular weight excluding hydrogens is 532 g/mol. The van der Waals surface area contributed by atoms with E-state index in [2.05, 4.69) is 105 Å². The van der Waals surface area contributed by atoms with Gasteiger partial charge in [0, 0.05) is 11.1 Å². The number of aromatic nitrogens is 4. The van der Waals surface area contributed by atoms with Gasteiger partial charge in [-0.25, -0.2) is 18.0 Å². The van der Waals surface area contributed by atoms with Crippen LogP contribution in [0.2, 0.25) is 0 Å². The Bertz CT molecular complexity index is 2100. The predicted molar refractivity (Wildman–Crippen MR) is 160 cm³/mol. The van der Waals surface area contributed by atoms with Gasteiger partial charge in [-0.3, -0.25) is 4.40 Å². The highest BCUT2D eigenvalue weighted by atomic mass is 32.2. The monoisotopic (exact) mass is 560 g/mol. The van der Waals surface area contributed by atoms with Gasteiger partial charge in [-0.05, 0) is 38.1 Å². The van der Waals surface area contributed by atoms with Crippen LogP contribution in [0.25, 0.3) is 44.8 Å². The highest BCUT2D eigenvalue weighted by Gasteiger charge is 2.26. The Balaban J connectivity index is 0.000000233. The van der Waals surface area contributed by atoms with Crippen molar-refractivity contribution < 1.29 is 17.5 Å². The van der Waals surface area contributed by atoms with Crippen molar-refractivity contribution in [1.82, 2.24) is 13.8 Å². The average Bonchev–Trinajstić information content (AvgIpc) is 3.61. The van der Waals surface area contributed by atoms with Gasteiger partial charge in [0.05, 0.1) is 28.8 Å². The van der Waals surface area contributed by atoms with E-state index in [1.54, 1.807) is 12.1 Å². The first-order chi connectivity index (χ1) is 19.9. The third-order valence-electron chi connectivity index (χ3n) is 7.12. The molecule has 7 nitrogen and oxygen atoms in total. The zero-order valence-corrected chi connectivity index (χ0v) is 23.5. The number of aryl methyl sites for hydroxylation is 2. The Morgan fingerprint density at radius 2 is 1.27 bits per heavy atom. The highest BCUT2D eigenvalue weighted by Crippen LogP contribution is 2.31. The summed E-state index contributed by atoms with van der Waals surface area (Å²) in [6.07, 6.45) is 4.24. The molecule has 8 heteroatoms. The van der Waals surface area contributed by atoms with Crippen molar-refractivity contribution in [1.29, 1.82) is 0 Å². The maximum Gasteiger partial charge on any atom is 0.331 e. The number of hydrogen-bond acceptors (Lipinski definition) is 4. The lowest BCUT2D eigenvalue weighted by molar-refractivity contribution is -0.666. The minimum Gasteiger partial charge on any atom is -0.744 e. The first-order valence-electron chi connectivity index (χ1n) is 13.3. The van der Waals surface area contributed by atoms with Gasteiger partial charge in [0.15, 0.2) is 11.2 Å². The molecule has 0 unspecified atom stereocenters. The van der Waals surface area contributed by atoms with E-state index in [1.165, 1.54) is 28.9 Å². The normalized spacial score (nSPS) is 11.6. The fourth-order valence-electron chi connectivity index (χ4n) is 5.15. The SMILES string of the molecule is CC[n+]1cc(-c2ccccc2)n2c3ccccc3n3c(-c4ccccc4)cnc3c21.Cc1ccc(S(=O)(=O)[O-])cc1. The zero-order chi connectivity index (χ0) is 28.6. The number of fused-ring (bicyclic) bond motifs is 6. The fraction of sp³-hybridized carbons (Fsp3) is 0.0909. The van der Waals surface area contributed by atoms with Crippen LogP contribution in [0.1, 0.15) is 12.5 Å². The summed E-state index contributed by atoms with van der Waals surface area (Å²) in [5.74, 6) is 0. The first kappa shape index (κ1) is 26.4. The number of hydrogen-bond donors (Lipinski definition) is 0. The summed E-state index contributed by atoms with van der Waals surface area (Å²) in [6, 6.07) is 35.4. The van der Waals surface area contributed by atoms with E-state index < -0.39 is 10.1 Å². The molecule has 7 aromatic rings. The number of benzene rings is 4. The van der Waals surface area contributed by atoms with Crippen LogP contribution < -0.4 is 4.57 Å². The van der Waals surface area contributed by atoms with Crippen molar-refractivity contribution in [2.75, 3.05) is 0 Å². The van der Waals surface area contributed by atoms with Crippen molar-refractivity contribution in [3.05, 3.63) is 127 Å². The summed E-state index contributed by atoms with van der Waals surface area (Å²) >= 11 is 0. The van der Waals surface area contributed by atoms with Gasteiger partial charge in [-0.1, -0.05) is 90.5 Å². The van der Waals surface area contributed by atoms with Gasteiger partial charge in [-0.15, -0.1) is 0 Å². The molecule has 41 heavy (non-hydrogen) atoms. The van der Waals surface area contributed by atoms with Crippen LogP contribution in [0.3, 0.4) is 0 Å².